The van der Waals surface area contributed by atoms with Crippen LogP contribution in [-0.4, -0.2) is 6.54 Å². The molecule has 0 amide bonds. The average molecular weight is 267 g/mol. The maximum absolute atomic E-state index is 3.58. The van der Waals surface area contributed by atoms with Crippen molar-refractivity contribution in [3.63, 3.8) is 0 Å². The zero-order valence-electron chi connectivity index (χ0n) is 12.8. The first kappa shape index (κ1) is 14.8. The Morgan fingerprint density at radius 2 is 1.35 bits per heavy atom. The fourth-order valence-corrected chi connectivity index (χ4v) is 2.53. The highest BCUT2D eigenvalue weighted by atomic mass is 14.9. The highest BCUT2D eigenvalue weighted by Crippen LogP contribution is 2.25. The summed E-state index contributed by atoms with van der Waals surface area (Å²) in [5, 5.41) is 3.58. The van der Waals surface area contributed by atoms with Gasteiger partial charge in [-0.2, -0.15) is 0 Å². The minimum absolute atomic E-state index is 0.284. The maximum Gasteiger partial charge on any atom is 0.0576 e. The molecule has 2 aromatic rings. The summed E-state index contributed by atoms with van der Waals surface area (Å²) in [7, 11) is 0. The lowest BCUT2D eigenvalue weighted by atomic mass is 9.93. The first-order chi connectivity index (χ1) is 9.76. The van der Waals surface area contributed by atoms with Gasteiger partial charge in [0.2, 0.25) is 0 Å². The quantitative estimate of drug-likeness (QED) is 0.785. The van der Waals surface area contributed by atoms with Gasteiger partial charge < -0.3 is 5.32 Å². The van der Waals surface area contributed by atoms with Crippen LogP contribution in [0, 0.1) is 0 Å². The van der Waals surface area contributed by atoms with Gasteiger partial charge in [-0.1, -0.05) is 75.4 Å². The van der Waals surface area contributed by atoms with Crippen LogP contribution in [0.5, 0.6) is 0 Å². The van der Waals surface area contributed by atoms with Gasteiger partial charge in [-0.25, -0.2) is 0 Å². The topological polar surface area (TPSA) is 12.0 Å². The van der Waals surface area contributed by atoms with E-state index >= 15 is 0 Å². The van der Waals surface area contributed by atoms with Gasteiger partial charge in [-0.05, 0) is 35.6 Å². The second kappa shape index (κ2) is 7.25. The molecule has 1 nitrogen and oxygen atoms in total. The molecule has 2 atom stereocenters. The van der Waals surface area contributed by atoms with E-state index in [1.807, 2.05) is 0 Å². The first-order valence-corrected chi connectivity index (χ1v) is 7.64. The number of benzene rings is 2. The standard InChI is InChI=1S/C19H25N/c1-4-15(3)16-11-13-18(14-12-16)19(20-5-2)17-9-7-6-8-10-17/h6-15,19-20H,4-5H2,1-3H3. The van der Waals surface area contributed by atoms with Crippen molar-refractivity contribution in [3.05, 3.63) is 71.3 Å². The van der Waals surface area contributed by atoms with Gasteiger partial charge in [0.25, 0.3) is 0 Å². The van der Waals surface area contributed by atoms with Gasteiger partial charge >= 0.3 is 0 Å². The van der Waals surface area contributed by atoms with E-state index in [-0.39, 0.29) is 6.04 Å². The van der Waals surface area contributed by atoms with Crippen molar-refractivity contribution in [1.82, 2.24) is 5.32 Å². The fraction of sp³-hybridized carbons (Fsp3) is 0.368. The Labute approximate surface area is 123 Å². The van der Waals surface area contributed by atoms with E-state index in [2.05, 4.69) is 80.7 Å². The summed E-state index contributed by atoms with van der Waals surface area (Å²) in [6.45, 7) is 7.65. The molecule has 1 heteroatoms. The summed E-state index contributed by atoms with van der Waals surface area (Å²) in [5.74, 6) is 0.637. The zero-order chi connectivity index (χ0) is 14.4. The molecule has 0 aromatic heterocycles. The largest absolute Gasteiger partial charge is 0.307 e. The van der Waals surface area contributed by atoms with Gasteiger partial charge in [0.05, 0.1) is 6.04 Å². The predicted octanol–water partition coefficient (Wildman–Crippen LogP) is 4.90. The molecule has 0 spiro atoms. The average Bonchev–Trinajstić information content (AvgIpc) is 2.53. The molecule has 0 saturated heterocycles. The minimum Gasteiger partial charge on any atom is -0.307 e. The van der Waals surface area contributed by atoms with Crippen LogP contribution in [0.4, 0.5) is 0 Å². The molecule has 106 valence electrons. The Balaban J connectivity index is 2.26. The molecule has 2 rings (SSSR count). The molecule has 0 aliphatic rings. The van der Waals surface area contributed by atoms with Gasteiger partial charge in [0.15, 0.2) is 0 Å². The zero-order valence-corrected chi connectivity index (χ0v) is 12.8. The summed E-state index contributed by atoms with van der Waals surface area (Å²) < 4.78 is 0. The molecule has 20 heavy (non-hydrogen) atoms. The molecule has 1 N–H and O–H groups in total. The summed E-state index contributed by atoms with van der Waals surface area (Å²) in [6.07, 6.45) is 1.19. The third-order valence-electron chi connectivity index (χ3n) is 3.99. The summed E-state index contributed by atoms with van der Waals surface area (Å²) >= 11 is 0. The second-order valence-corrected chi connectivity index (χ2v) is 5.38. The third-order valence-corrected chi connectivity index (χ3v) is 3.99. The SMILES string of the molecule is CCNC(c1ccccc1)c1ccc(C(C)CC)cc1. The molecular weight excluding hydrogens is 242 g/mol. The lowest BCUT2D eigenvalue weighted by molar-refractivity contribution is 0.630. The summed E-state index contributed by atoms with van der Waals surface area (Å²) in [5.41, 5.74) is 4.09. The Kier molecular flexibility index (Phi) is 5.37. The van der Waals surface area contributed by atoms with Crippen molar-refractivity contribution in [2.45, 2.75) is 39.2 Å². The van der Waals surface area contributed by atoms with Crippen molar-refractivity contribution in [2.24, 2.45) is 0 Å². The van der Waals surface area contributed by atoms with Crippen molar-refractivity contribution in [2.75, 3.05) is 6.54 Å². The van der Waals surface area contributed by atoms with Crippen molar-refractivity contribution in [3.8, 4) is 0 Å². The lowest BCUT2D eigenvalue weighted by Crippen LogP contribution is -2.21. The predicted molar refractivity (Wildman–Crippen MR) is 87.1 cm³/mol. The van der Waals surface area contributed by atoms with E-state index in [1.54, 1.807) is 0 Å². The van der Waals surface area contributed by atoms with E-state index in [9.17, 15) is 0 Å². The van der Waals surface area contributed by atoms with Crippen LogP contribution in [0.15, 0.2) is 54.6 Å². The molecule has 0 saturated carbocycles. The number of hydrogen-bond acceptors (Lipinski definition) is 1. The van der Waals surface area contributed by atoms with E-state index in [1.165, 1.54) is 23.1 Å². The molecule has 0 bridgehead atoms. The first-order valence-electron chi connectivity index (χ1n) is 7.64. The van der Waals surface area contributed by atoms with Gasteiger partial charge in [0, 0.05) is 0 Å². The third kappa shape index (κ3) is 3.49. The molecule has 2 aromatic carbocycles. The fourth-order valence-electron chi connectivity index (χ4n) is 2.53. The monoisotopic (exact) mass is 267 g/mol. The van der Waals surface area contributed by atoms with Gasteiger partial charge in [-0.15, -0.1) is 0 Å². The van der Waals surface area contributed by atoms with Crippen LogP contribution in [0.25, 0.3) is 0 Å². The highest BCUT2D eigenvalue weighted by molar-refractivity contribution is 5.34. The Morgan fingerprint density at radius 3 is 1.90 bits per heavy atom. The second-order valence-electron chi connectivity index (χ2n) is 5.38. The van der Waals surface area contributed by atoms with Crippen LogP contribution in [0.2, 0.25) is 0 Å². The van der Waals surface area contributed by atoms with Crippen LogP contribution in [0.3, 0.4) is 0 Å². The molecule has 0 fully saturated rings. The Bertz CT molecular complexity index is 501. The van der Waals surface area contributed by atoms with E-state index < -0.39 is 0 Å². The number of hydrogen-bond donors (Lipinski definition) is 1. The van der Waals surface area contributed by atoms with Crippen molar-refractivity contribution in [1.29, 1.82) is 0 Å². The normalized spacial score (nSPS) is 13.9. The van der Waals surface area contributed by atoms with Crippen LogP contribution < -0.4 is 5.32 Å². The lowest BCUT2D eigenvalue weighted by Gasteiger charge is -2.20. The van der Waals surface area contributed by atoms with E-state index in [4.69, 9.17) is 0 Å². The molecule has 2 unspecified atom stereocenters. The molecular formula is C19H25N. The summed E-state index contributed by atoms with van der Waals surface area (Å²) in [6, 6.07) is 20.0. The minimum atomic E-state index is 0.284. The maximum atomic E-state index is 3.58. The van der Waals surface area contributed by atoms with E-state index in [0.717, 1.165) is 6.54 Å². The van der Waals surface area contributed by atoms with E-state index in [0.29, 0.717) is 5.92 Å². The molecule has 0 aliphatic heterocycles. The molecule has 0 radical (unpaired) electrons. The molecule has 0 aliphatic carbocycles. The van der Waals surface area contributed by atoms with Crippen molar-refractivity contribution >= 4 is 0 Å². The van der Waals surface area contributed by atoms with Crippen LogP contribution in [-0.2, 0) is 0 Å². The highest BCUT2D eigenvalue weighted by Gasteiger charge is 2.12. The Hall–Kier alpha value is -1.60. The smallest absolute Gasteiger partial charge is 0.0576 e. The number of rotatable bonds is 6. The molecule has 0 heterocycles. The van der Waals surface area contributed by atoms with Gasteiger partial charge in [0.1, 0.15) is 0 Å². The van der Waals surface area contributed by atoms with Crippen LogP contribution >= 0.6 is 0 Å². The van der Waals surface area contributed by atoms with Crippen LogP contribution in [0.1, 0.15) is 55.8 Å². The van der Waals surface area contributed by atoms with Gasteiger partial charge in [-0.3, -0.25) is 0 Å². The Morgan fingerprint density at radius 1 is 0.800 bits per heavy atom. The summed E-state index contributed by atoms with van der Waals surface area (Å²) in [4.78, 5) is 0. The number of nitrogens with one attached hydrogen (secondary N) is 1. The van der Waals surface area contributed by atoms with Crippen molar-refractivity contribution < 1.29 is 0 Å².